The number of carboxylic acid groups (broad SMARTS) is 1. The molecule has 0 unspecified atom stereocenters. The van der Waals surface area contributed by atoms with E-state index in [-0.39, 0.29) is 5.69 Å². The summed E-state index contributed by atoms with van der Waals surface area (Å²) in [7, 11) is 0. The average molecular weight is 285 g/mol. The van der Waals surface area contributed by atoms with Crippen LogP contribution in [0.3, 0.4) is 0 Å². The van der Waals surface area contributed by atoms with Crippen molar-refractivity contribution in [1.82, 2.24) is 9.97 Å². The van der Waals surface area contributed by atoms with Gasteiger partial charge in [0, 0.05) is 16.0 Å². The molecule has 0 radical (unpaired) electrons. The third-order valence-corrected chi connectivity index (χ3v) is 3.35. The zero-order valence-corrected chi connectivity index (χ0v) is 9.75. The third-order valence-electron chi connectivity index (χ3n) is 1.66. The molecule has 15 heavy (non-hydrogen) atoms. The first-order chi connectivity index (χ1) is 7.16. The van der Waals surface area contributed by atoms with Crippen molar-refractivity contribution >= 4 is 33.2 Å². The van der Waals surface area contributed by atoms with Gasteiger partial charge < -0.3 is 5.11 Å². The van der Waals surface area contributed by atoms with Gasteiger partial charge in [0.1, 0.15) is 0 Å². The fourth-order valence-electron chi connectivity index (χ4n) is 1.03. The summed E-state index contributed by atoms with van der Waals surface area (Å²) in [5.41, 5.74) is 0.00419. The summed E-state index contributed by atoms with van der Waals surface area (Å²) < 4.78 is 0.937. The lowest BCUT2D eigenvalue weighted by atomic mass is 10.4. The van der Waals surface area contributed by atoms with Crippen molar-refractivity contribution < 1.29 is 9.90 Å². The highest BCUT2D eigenvalue weighted by Gasteiger charge is 2.09. The van der Waals surface area contributed by atoms with Gasteiger partial charge >= 0.3 is 5.97 Å². The molecular weight excluding hydrogens is 280 g/mol. The van der Waals surface area contributed by atoms with Crippen molar-refractivity contribution in [1.29, 1.82) is 0 Å². The summed E-state index contributed by atoms with van der Waals surface area (Å²) in [5, 5.41) is 10.7. The van der Waals surface area contributed by atoms with E-state index in [1.807, 2.05) is 11.4 Å². The van der Waals surface area contributed by atoms with E-state index in [1.54, 1.807) is 0 Å². The smallest absolute Gasteiger partial charge is 0.354 e. The Morgan fingerprint density at radius 3 is 2.93 bits per heavy atom. The van der Waals surface area contributed by atoms with E-state index in [1.165, 1.54) is 23.6 Å². The molecular formula is C9H5BrN2O2S. The van der Waals surface area contributed by atoms with Crippen molar-refractivity contribution in [3.63, 3.8) is 0 Å². The lowest BCUT2D eigenvalue weighted by Crippen LogP contribution is -2.01. The maximum atomic E-state index is 10.7. The second-order valence-corrected chi connectivity index (χ2v) is 4.53. The van der Waals surface area contributed by atoms with Crippen molar-refractivity contribution in [2.75, 3.05) is 0 Å². The highest BCUT2D eigenvalue weighted by atomic mass is 79.9. The van der Waals surface area contributed by atoms with Gasteiger partial charge in [-0.2, -0.15) is 0 Å². The Labute approximate surface area is 97.8 Å². The van der Waals surface area contributed by atoms with E-state index in [4.69, 9.17) is 5.11 Å². The third kappa shape index (κ3) is 2.21. The monoisotopic (exact) mass is 284 g/mol. The van der Waals surface area contributed by atoms with Crippen LogP contribution in [-0.2, 0) is 0 Å². The SMILES string of the molecule is O=C(O)c1ccnc(-c2cc(Br)cs2)n1. The van der Waals surface area contributed by atoms with E-state index >= 15 is 0 Å². The minimum Gasteiger partial charge on any atom is -0.477 e. The van der Waals surface area contributed by atoms with Gasteiger partial charge in [-0.25, -0.2) is 14.8 Å². The molecule has 2 aromatic rings. The maximum absolute atomic E-state index is 10.7. The normalized spacial score (nSPS) is 10.2. The van der Waals surface area contributed by atoms with Crippen LogP contribution < -0.4 is 0 Å². The first-order valence-corrected chi connectivity index (χ1v) is 5.65. The molecule has 2 aromatic heterocycles. The van der Waals surface area contributed by atoms with Gasteiger partial charge in [-0.3, -0.25) is 0 Å². The molecule has 0 aliphatic heterocycles. The van der Waals surface area contributed by atoms with Crippen LogP contribution in [0.4, 0.5) is 0 Å². The van der Waals surface area contributed by atoms with Crippen LogP contribution >= 0.6 is 27.3 Å². The van der Waals surface area contributed by atoms with E-state index in [0.717, 1.165) is 9.35 Å². The number of nitrogens with zero attached hydrogens (tertiary/aromatic N) is 2. The number of aromatic nitrogens is 2. The average Bonchev–Trinajstić information content (AvgIpc) is 2.65. The highest BCUT2D eigenvalue weighted by Crippen LogP contribution is 2.27. The molecule has 0 bridgehead atoms. The number of rotatable bonds is 2. The molecule has 0 fully saturated rings. The Morgan fingerprint density at radius 2 is 2.33 bits per heavy atom. The Bertz CT molecular complexity index is 512. The molecule has 4 nitrogen and oxygen atoms in total. The maximum Gasteiger partial charge on any atom is 0.354 e. The van der Waals surface area contributed by atoms with Crippen LogP contribution in [0.1, 0.15) is 10.5 Å². The number of carbonyl (C=O) groups is 1. The highest BCUT2D eigenvalue weighted by molar-refractivity contribution is 9.10. The van der Waals surface area contributed by atoms with E-state index in [9.17, 15) is 4.79 Å². The first-order valence-electron chi connectivity index (χ1n) is 3.97. The molecule has 2 heterocycles. The fraction of sp³-hybridized carbons (Fsp3) is 0. The van der Waals surface area contributed by atoms with Gasteiger partial charge in [0.25, 0.3) is 0 Å². The van der Waals surface area contributed by atoms with Crippen LogP contribution in [0.25, 0.3) is 10.7 Å². The van der Waals surface area contributed by atoms with Crippen LogP contribution in [0.5, 0.6) is 0 Å². The van der Waals surface area contributed by atoms with Crippen molar-refractivity contribution in [3.05, 3.63) is 33.9 Å². The molecule has 2 rings (SSSR count). The topological polar surface area (TPSA) is 63.1 Å². The Balaban J connectivity index is 2.45. The summed E-state index contributed by atoms with van der Waals surface area (Å²) >= 11 is 4.77. The van der Waals surface area contributed by atoms with E-state index < -0.39 is 5.97 Å². The molecule has 0 aliphatic carbocycles. The van der Waals surface area contributed by atoms with Crippen molar-refractivity contribution in [2.24, 2.45) is 0 Å². The molecule has 6 heteroatoms. The molecule has 0 atom stereocenters. The van der Waals surface area contributed by atoms with Gasteiger partial charge in [-0.15, -0.1) is 11.3 Å². The zero-order chi connectivity index (χ0) is 10.8. The summed E-state index contributed by atoms with van der Waals surface area (Å²) in [6.07, 6.45) is 1.44. The quantitative estimate of drug-likeness (QED) is 0.921. The Kier molecular flexibility index (Phi) is 2.79. The van der Waals surface area contributed by atoms with E-state index in [0.29, 0.717) is 5.82 Å². The summed E-state index contributed by atoms with van der Waals surface area (Å²) in [5.74, 6) is -0.611. The van der Waals surface area contributed by atoms with Gasteiger partial charge in [0.15, 0.2) is 11.5 Å². The number of thiophene rings is 1. The molecule has 0 saturated heterocycles. The summed E-state index contributed by atoms with van der Waals surface area (Å²) in [6, 6.07) is 3.22. The Morgan fingerprint density at radius 1 is 1.53 bits per heavy atom. The van der Waals surface area contributed by atoms with E-state index in [2.05, 4.69) is 25.9 Å². The number of hydrogen-bond acceptors (Lipinski definition) is 4. The molecule has 0 amide bonds. The van der Waals surface area contributed by atoms with Gasteiger partial charge in [-0.1, -0.05) is 0 Å². The Hall–Kier alpha value is -1.27. The number of carboxylic acids is 1. The molecule has 0 aromatic carbocycles. The van der Waals surface area contributed by atoms with Crippen molar-refractivity contribution in [2.45, 2.75) is 0 Å². The molecule has 1 N–H and O–H groups in total. The standard InChI is InChI=1S/C9H5BrN2O2S/c10-5-3-7(15-4-5)8-11-2-1-6(12-8)9(13)14/h1-4H,(H,13,14). The van der Waals surface area contributed by atoms with Gasteiger partial charge in [-0.05, 0) is 28.1 Å². The summed E-state index contributed by atoms with van der Waals surface area (Å²) in [4.78, 5) is 19.5. The second-order valence-electron chi connectivity index (χ2n) is 2.70. The minimum atomic E-state index is -1.05. The predicted octanol–water partition coefficient (Wildman–Crippen LogP) is 2.67. The van der Waals surface area contributed by atoms with Gasteiger partial charge in [0.2, 0.25) is 0 Å². The van der Waals surface area contributed by atoms with Crippen LogP contribution in [0.2, 0.25) is 0 Å². The first kappa shape index (κ1) is 10.3. The minimum absolute atomic E-state index is 0.00419. The number of hydrogen-bond donors (Lipinski definition) is 1. The van der Waals surface area contributed by atoms with Crippen molar-refractivity contribution in [3.8, 4) is 10.7 Å². The lowest BCUT2D eigenvalue weighted by Gasteiger charge is -1.96. The van der Waals surface area contributed by atoms with Crippen LogP contribution in [0.15, 0.2) is 28.2 Å². The van der Waals surface area contributed by atoms with Gasteiger partial charge in [0.05, 0.1) is 4.88 Å². The molecule has 0 spiro atoms. The number of halogens is 1. The summed E-state index contributed by atoms with van der Waals surface area (Å²) in [6.45, 7) is 0. The molecule has 0 saturated carbocycles. The molecule has 0 aliphatic rings. The van der Waals surface area contributed by atoms with Crippen LogP contribution in [-0.4, -0.2) is 21.0 Å². The predicted molar refractivity (Wildman–Crippen MR) is 60.0 cm³/mol. The second kappa shape index (κ2) is 4.08. The number of aromatic carboxylic acids is 1. The molecule has 76 valence electrons. The lowest BCUT2D eigenvalue weighted by molar-refractivity contribution is 0.0690. The largest absolute Gasteiger partial charge is 0.477 e. The van der Waals surface area contributed by atoms with Crippen LogP contribution in [0, 0.1) is 0 Å². The fourth-order valence-corrected chi connectivity index (χ4v) is 2.39. The zero-order valence-electron chi connectivity index (χ0n) is 7.35.